The van der Waals surface area contributed by atoms with Crippen LogP contribution in [0.25, 0.3) is 0 Å². The summed E-state index contributed by atoms with van der Waals surface area (Å²) in [5.41, 5.74) is 2.82. The van der Waals surface area contributed by atoms with E-state index in [1.165, 1.54) is 17.5 Å². The van der Waals surface area contributed by atoms with Crippen LogP contribution < -0.4 is 10.6 Å². The van der Waals surface area contributed by atoms with Gasteiger partial charge in [-0.05, 0) is 43.0 Å². The van der Waals surface area contributed by atoms with Crippen molar-refractivity contribution in [3.63, 3.8) is 0 Å². The van der Waals surface area contributed by atoms with Crippen molar-refractivity contribution in [2.24, 2.45) is 5.92 Å². The highest BCUT2D eigenvalue weighted by Gasteiger charge is 2.19. The molecule has 2 N–H and O–H groups in total. The standard InChI is InChI=1S/C15H24N2/c1-3-13-4-6-14(7-5-13)11-17-15-8-9-16-10-12(15)2/h4-7,12,15-17H,3,8-11H2,1-2H3. The molecule has 0 spiro atoms. The molecule has 1 fully saturated rings. The Bertz CT molecular complexity index is 331. The van der Waals surface area contributed by atoms with Crippen molar-refractivity contribution in [3.05, 3.63) is 35.4 Å². The number of hydrogen-bond donors (Lipinski definition) is 2. The first-order valence-electron chi connectivity index (χ1n) is 6.81. The minimum Gasteiger partial charge on any atom is -0.316 e. The number of aryl methyl sites for hydroxylation is 1. The molecule has 17 heavy (non-hydrogen) atoms. The molecule has 2 nitrogen and oxygen atoms in total. The summed E-state index contributed by atoms with van der Waals surface area (Å²) in [6.45, 7) is 7.82. The lowest BCUT2D eigenvalue weighted by molar-refractivity contribution is 0.295. The van der Waals surface area contributed by atoms with Crippen LogP contribution in [0.1, 0.15) is 31.4 Å². The lowest BCUT2D eigenvalue weighted by atomic mass is 9.95. The average molecular weight is 232 g/mol. The van der Waals surface area contributed by atoms with Crippen LogP contribution in [-0.4, -0.2) is 19.1 Å². The Kier molecular flexibility index (Phi) is 4.57. The van der Waals surface area contributed by atoms with Crippen LogP contribution in [0, 0.1) is 5.92 Å². The topological polar surface area (TPSA) is 24.1 Å². The van der Waals surface area contributed by atoms with Gasteiger partial charge in [0.05, 0.1) is 0 Å². The maximum Gasteiger partial charge on any atom is 0.0208 e. The lowest BCUT2D eigenvalue weighted by Gasteiger charge is -2.30. The summed E-state index contributed by atoms with van der Waals surface area (Å²) in [6.07, 6.45) is 2.37. The zero-order chi connectivity index (χ0) is 12.1. The van der Waals surface area contributed by atoms with E-state index in [4.69, 9.17) is 0 Å². The molecule has 2 unspecified atom stereocenters. The van der Waals surface area contributed by atoms with Crippen molar-refractivity contribution in [2.75, 3.05) is 13.1 Å². The molecule has 1 aliphatic rings. The molecular formula is C15H24N2. The Morgan fingerprint density at radius 3 is 2.59 bits per heavy atom. The van der Waals surface area contributed by atoms with E-state index in [0.29, 0.717) is 6.04 Å². The molecule has 1 heterocycles. The van der Waals surface area contributed by atoms with Crippen molar-refractivity contribution in [1.82, 2.24) is 10.6 Å². The van der Waals surface area contributed by atoms with Gasteiger partial charge in [-0.3, -0.25) is 0 Å². The van der Waals surface area contributed by atoms with Gasteiger partial charge in [0, 0.05) is 12.6 Å². The summed E-state index contributed by atoms with van der Waals surface area (Å²) in [4.78, 5) is 0. The average Bonchev–Trinajstić information content (AvgIpc) is 2.38. The number of piperidine rings is 1. The molecule has 2 heteroatoms. The van der Waals surface area contributed by atoms with E-state index in [-0.39, 0.29) is 0 Å². The summed E-state index contributed by atoms with van der Waals surface area (Å²) in [6, 6.07) is 9.64. The summed E-state index contributed by atoms with van der Waals surface area (Å²) in [7, 11) is 0. The van der Waals surface area contributed by atoms with Crippen LogP contribution in [0.3, 0.4) is 0 Å². The largest absolute Gasteiger partial charge is 0.316 e. The third-order valence-corrected chi connectivity index (χ3v) is 3.78. The van der Waals surface area contributed by atoms with Gasteiger partial charge in [0.1, 0.15) is 0 Å². The lowest BCUT2D eigenvalue weighted by Crippen LogP contribution is -2.45. The first-order chi connectivity index (χ1) is 8.29. The predicted octanol–water partition coefficient (Wildman–Crippen LogP) is 2.34. The summed E-state index contributed by atoms with van der Waals surface area (Å²) in [5.74, 6) is 0.735. The highest BCUT2D eigenvalue weighted by Crippen LogP contribution is 2.12. The zero-order valence-corrected chi connectivity index (χ0v) is 11.0. The molecule has 0 aromatic heterocycles. The van der Waals surface area contributed by atoms with Gasteiger partial charge in [-0.1, -0.05) is 38.1 Å². The summed E-state index contributed by atoms with van der Waals surface area (Å²) >= 11 is 0. The van der Waals surface area contributed by atoms with E-state index in [0.717, 1.165) is 32.0 Å². The van der Waals surface area contributed by atoms with E-state index in [1.807, 2.05) is 0 Å². The molecule has 1 saturated heterocycles. The van der Waals surface area contributed by atoms with Gasteiger partial charge >= 0.3 is 0 Å². The number of hydrogen-bond acceptors (Lipinski definition) is 2. The normalized spacial score (nSPS) is 24.8. The molecule has 0 saturated carbocycles. The van der Waals surface area contributed by atoms with Crippen molar-refractivity contribution in [2.45, 2.75) is 39.3 Å². The van der Waals surface area contributed by atoms with Crippen molar-refractivity contribution >= 4 is 0 Å². The molecule has 2 atom stereocenters. The second-order valence-electron chi connectivity index (χ2n) is 5.13. The van der Waals surface area contributed by atoms with Crippen molar-refractivity contribution in [3.8, 4) is 0 Å². The molecule has 1 aromatic rings. The van der Waals surface area contributed by atoms with E-state index in [1.54, 1.807) is 0 Å². The van der Waals surface area contributed by atoms with E-state index >= 15 is 0 Å². The summed E-state index contributed by atoms with van der Waals surface area (Å²) < 4.78 is 0. The Morgan fingerprint density at radius 2 is 1.94 bits per heavy atom. The smallest absolute Gasteiger partial charge is 0.0208 e. The van der Waals surface area contributed by atoms with Crippen LogP contribution in [-0.2, 0) is 13.0 Å². The van der Waals surface area contributed by atoms with E-state index in [9.17, 15) is 0 Å². The Hall–Kier alpha value is -0.860. The van der Waals surface area contributed by atoms with Crippen LogP contribution in [0.2, 0.25) is 0 Å². The summed E-state index contributed by atoms with van der Waals surface area (Å²) in [5, 5.41) is 7.12. The molecular weight excluding hydrogens is 208 g/mol. The number of nitrogens with one attached hydrogen (secondary N) is 2. The fourth-order valence-electron chi connectivity index (χ4n) is 2.46. The fourth-order valence-corrected chi connectivity index (χ4v) is 2.46. The van der Waals surface area contributed by atoms with Gasteiger partial charge in [-0.15, -0.1) is 0 Å². The van der Waals surface area contributed by atoms with E-state index in [2.05, 4.69) is 48.7 Å². The minimum absolute atomic E-state index is 0.669. The Balaban J connectivity index is 1.84. The Labute approximate surface area is 105 Å². The van der Waals surface area contributed by atoms with Crippen LogP contribution in [0.5, 0.6) is 0 Å². The quantitative estimate of drug-likeness (QED) is 0.832. The maximum atomic E-state index is 3.69. The van der Waals surface area contributed by atoms with Gasteiger partial charge in [-0.25, -0.2) is 0 Å². The third kappa shape index (κ3) is 3.55. The molecule has 0 amide bonds. The highest BCUT2D eigenvalue weighted by atomic mass is 15.0. The van der Waals surface area contributed by atoms with Gasteiger partial charge < -0.3 is 10.6 Å². The maximum absolute atomic E-state index is 3.69. The number of rotatable bonds is 4. The van der Waals surface area contributed by atoms with Gasteiger partial charge in [0.2, 0.25) is 0 Å². The van der Waals surface area contributed by atoms with Gasteiger partial charge in [0.25, 0.3) is 0 Å². The van der Waals surface area contributed by atoms with Gasteiger partial charge in [0.15, 0.2) is 0 Å². The monoisotopic (exact) mass is 232 g/mol. The second kappa shape index (κ2) is 6.18. The van der Waals surface area contributed by atoms with Crippen LogP contribution in [0.15, 0.2) is 24.3 Å². The van der Waals surface area contributed by atoms with Gasteiger partial charge in [-0.2, -0.15) is 0 Å². The highest BCUT2D eigenvalue weighted by molar-refractivity contribution is 5.22. The van der Waals surface area contributed by atoms with Crippen LogP contribution >= 0.6 is 0 Å². The number of benzene rings is 1. The molecule has 0 aliphatic carbocycles. The SMILES string of the molecule is CCc1ccc(CNC2CCNCC2C)cc1. The molecule has 2 rings (SSSR count). The Morgan fingerprint density at radius 1 is 1.24 bits per heavy atom. The van der Waals surface area contributed by atoms with E-state index < -0.39 is 0 Å². The minimum atomic E-state index is 0.669. The molecule has 0 bridgehead atoms. The fraction of sp³-hybridized carbons (Fsp3) is 0.600. The molecule has 94 valence electrons. The van der Waals surface area contributed by atoms with Crippen molar-refractivity contribution in [1.29, 1.82) is 0 Å². The first-order valence-corrected chi connectivity index (χ1v) is 6.81. The third-order valence-electron chi connectivity index (χ3n) is 3.78. The second-order valence-corrected chi connectivity index (χ2v) is 5.13. The predicted molar refractivity (Wildman–Crippen MR) is 73.1 cm³/mol. The first kappa shape index (κ1) is 12.6. The molecule has 1 aromatic carbocycles. The zero-order valence-electron chi connectivity index (χ0n) is 11.0. The molecule has 0 radical (unpaired) electrons. The van der Waals surface area contributed by atoms with Crippen molar-refractivity contribution < 1.29 is 0 Å². The molecule has 1 aliphatic heterocycles. The van der Waals surface area contributed by atoms with Crippen LogP contribution in [0.4, 0.5) is 0 Å².